The van der Waals surface area contributed by atoms with Gasteiger partial charge in [0.25, 0.3) is 9.05 Å². The summed E-state index contributed by atoms with van der Waals surface area (Å²) < 4.78 is 28.9. The lowest BCUT2D eigenvalue weighted by atomic mass is 10.1. The predicted octanol–water partition coefficient (Wildman–Crippen LogP) is 3.80. The van der Waals surface area contributed by atoms with Crippen molar-refractivity contribution in [3.8, 4) is 5.75 Å². The summed E-state index contributed by atoms with van der Waals surface area (Å²) in [5.74, 6) is 0.372. The zero-order chi connectivity index (χ0) is 13.9. The first-order valence-electron chi connectivity index (χ1n) is 5.98. The molecule has 3 nitrogen and oxygen atoms in total. The molecule has 1 unspecified atom stereocenters. The van der Waals surface area contributed by atoms with Crippen LogP contribution in [-0.2, 0) is 9.05 Å². The third-order valence-electron chi connectivity index (χ3n) is 2.66. The van der Waals surface area contributed by atoms with Gasteiger partial charge in [0.1, 0.15) is 10.6 Å². The van der Waals surface area contributed by atoms with Crippen LogP contribution in [0.15, 0.2) is 17.0 Å². The van der Waals surface area contributed by atoms with E-state index in [0.717, 1.165) is 24.0 Å². The molecule has 1 aromatic carbocycles. The summed E-state index contributed by atoms with van der Waals surface area (Å²) in [7, 11) is 1.67. The Morgan fingerprint density at radius 3 is 2.44 bits per heavy atom. The molecule has 1 aromatic rings. The standard InChI is InChI=1S/C13H19ClO3S/c1-5-6-11(4)17-13-10(3)7-9(2)8-12(13)18(14,15)16/h7-8,11H,5-6H2,1-4H3. The van der Waals surface area contributed by atoms with E-state index in [4.69, 9.17) is 15.4 Å². The van der Waals surface area contributed by atoms with Crippen LogP contribution in [0.5, 0.6) is 5.75 Å². The predicted molar refractivity (Wildman–Crippen MR) is 74.0 cm³/mol. The largest absolute Gasteiger partial charge is 0.489 e. The molecule has 0 saturated carbocycles. The highest BCUT2D eigenvalue weighted by atomic mass is 35.7. The highest BCUT2D eigenvalue weighted by Crippen LogP contribution is 2.32. The Hall–Kier alpha value is -0.740. The van der Waals surface area contributed by atoms with Crippen molar-refractivity contribution in [3.63, 3.8) is 0 Å². The second-order valence-electron chi connectivity index (χ2n) is 4.56. The van der Waals surface area contributed by atoms with Gasteiger partial charge in [0, 0.05) is 10.7 Å². The zero-order valence-corrected chi connectivity index (χ0v) is 12.7. The maximum Gasteiger partial charge on any atom is 0.265 e. The van der Waals surface area contributed by atoms with E-state index in [1.807, 2.05) is 26.8 Å². The summed E-state index contributed by atoms with van der Waals surface area (Å²) in [6.45, 7) is 7.64. The van der Waals surface area contributed by atoms with E-state index in [0.29, 0.717) is 5.75 Å². The Kier molecular flexibility index (Phi) is 5.05. The van der Waals surface area contributed by atoms with Crippen LogP contribution in [0.3, 0.4) is 0 Å². The van der Waals surface area contributed by atoms with Gasteiger partial charge in [-0.2, -0.15) is 0 Å². The van der Waals surface area contributed by atoms with Crippen LogP contribution in [0.1, 0.15) is 37.8 Å². The molecule has 0 aromatic heterocycles. The summed E-state index contributed by atoms with van der Waals surface area (Å²) in [5, 5.41) is 0. The van der Waals surface area contributed by atoms with E-state index >= 15 is 0 Å². The Balaban J connectivity index is 3.25. The van der Waals surface area contributed by atoms with Gasteiger partial charge < -0.3 is 4.74 Å². The molecule has 0 radical (unpaired) electrons. The van der Waals surface area contributed by atoms with Crippen LogP contribution in [0.4, 0.5) is 0 Å². The van der Waals surface area contributed by atoms with Gasteiger partial charge in [0.15, 0.2) is 0 Å². The molecule has 0 spiro atoms. The first-order valence-corrected chi connectivity index (χ1v) is 8.29. The second kappa shape index (κ2) is 5.93. The minimum Gasteiger partial charge on any atom is -0.489 e. The second-order valence-corrected chi connectivity index (χ2v) is 7.10. The van der Waals surface area contributed by atoms with Crippen LogP contribution in [0, 0.1) is 13.8 Å². The summed E-state index contributed by atoms with van der Waals surface area (Å²) >= 11 is 0. The maximum absolute atomic E-state index is 11.6. The number of hydrogen-bond acceptors (Lipinski definition) is 3. The third-order valence-corrected chi connectivity index (χ3v) is 3.99. The summed E-state index contributed by atoms with van der Waals surface area (Å²) in [6, 6.07) is 3.43. The van der Waals surface area contributed by atoms with Crippen molar-refractivity contribution in [3.05, 3.63) is 23.3 Å². The molecule has 5 heteroatoms. The molecule has 0 amide bonds. The molecule has 0 fully saturated rings. The lowest BCUT2D eigenvalue weighted by Crippen LogP contribution is -2.14. The quantitative estimate of drug-likeness (QED) is 0.775. The molecule has 0 aliphatic carbocycles. The number of benzene rings is 1. The summed E-state index contributed by atoms with van der Waals surface area (Å²) in [6.07, 6.45) is 1.82. The highest BCUT2D eigenvalue weighted by molar-refractivity contribution is 8.13. The van der Waals surface area contributed by atoms with Crippen LogP contribution < -0.4 is 4.74 Å². The molecule has 0 N–H and O–H groups in total. The van der Waals surface area contributed by atoms with Gasteiger partial charge in [-0.3, -0.25) is 0 Å². The van der Waals surface area contributed by atoms with Gasteiger partial charge in [0.05, 0.1) is 6.10 Å². The first-order chi connectivity index (χ1) is 8.25. The molecule has 1 rings (SSSR count). The summed E-state index contributed by atoms with van der Waals surface area (Å²) in [4.78, 5) is 0.0598. The fourth-order valence-electron chi connectivity index (χ4n) is 1.91. The van der Waals surface area contributed by atoms with Crippen molar-refractivity contribution in [2.24, 2.45) is 0 Å². The molecule has 0 aliphatic rings. The van der Waals surface area contributed by atoms with Gasteiger partial charge in [-0.1, -0.05) is 19.4 Å². The Bertz CT molecular complexity index is 523. The van der Waals surface area contributed by atoms with E-state index in [2.05, 4.69) is 6.92 Å². The highest BCUT2D eigenvalue weighted by Gasteiger charge is 2.21. The first kappa shape index (κ1) is 15.3. The van der Waals surface area contributed by atoms with Crippen LogP contribution in [0.25, 0.3) is 0 Å². The van der Waals surface area contributed by atoms with Gasteiger partial charge in [-0.15, -0.1) is 0 Å². The van der Waals surface area contributed by atoms with Crippen molar-refractivity contribution < 1.29 is 13.2 Å². The Labute approximate surface area is 114 Å². The monoisotopic (exact) mass is 290 g/mol. The summed E-state index contributed by atoms with van der Waals surface area (Å²) in [5.41, 5.74) is 1.64. The van der Waals surface area contributed by atoms with Crippen LogP contribution >= 0.6 is 10.7 Å². The van der Waals surface area contributed by atoms with Gasteiger partial charge >= 0.3 is 0 Å². The van der Waals surface area contributed by atoms with Gasteiger partial charge in [-0.05, 0) is 44.4 Å². The van der Waals surface area contributed by atoms with E-state index in [-0.39, 0.29) is 11.0 Å². The fourth-order valence-corrected chi connectivity index (χ4v) is 3.02. The zero-order valence-electron chi connectivity index (χ0n) is 11.2. The van der Waals surface area contributed by atoms with Crippen molar-refractivity contribution in [2.75, 3.05) is 0 Å². The number of rotatable bonds is 5. The van der Waals surface area contributed by atoms with Gasteiger partial charge in [0.2, 0.25) is 0 Å². The van der Waals surface area contributed by atoms with Crippen molar-refractivity contribution in [1.82, 2.24) is 0 Å². The number of hydrogen-bond donors (Lipinski definition) is 0. The average Bonchev–Trinajstić information content (AvgIpc) is 2.20. The van der Waals surface area contributed by atoms with Gasteiger partial charge in [-0.25, -0.2) is 8.42 Å². The minimum atomic E-state index is -3.79. The molecule has 18 heavy (non-hydrogen) atoms. The molecule has 0 heterocycles. The third kappa shape index (κ3) is 3.89. The maximum atomic E-state index is 11.6. The lowest BCUT2D eigenvalue weighted by molar-refractivity contribution is 0.203. The van der Waals surface area contributed by atoms with Crippen molar-refractivity contribution in [2.45, 2.75) is 51.5 Å². The SMILES string of the molecule is CCCC(C)Oc1c(C)cc(C)cc1S(=O)(=O)Cl. The number of halogens is 1. The molecular weight excluding hydrogens is 272 g/mol. The van der Waals surface area contributed by atoms with Crippen molar-refractivity contribution >= 4 is 19.7 Å². The smallest absolute Gasteiger partial charge is 0.265 e. The lowest BCUT2D eigenvalue weighted by Gasteiger charge is -2.18. The average molecular weight is 291 g/mol. The topological polar surface area (TPSA) is 43.4 Å². The molecular formula is C13H19ClO3S. The Morgan fingerprint density at radius 1 is 1.33 bits per heavy atom. The molecule has 102 valence electrons. The van der Waals surface area contributed by atoms with E-state index in [1.165, 1.54) is 0 Å². The fraction of sp³-hybridized carbons (Fsp3) is 0.538. The molecule has 0 bridgehead atoms. The number of aryl methyl sites for hydroxylation is 2. The van der Waals surface area contributed by atoms with Crippen LogP contribution in [0.2, 0.25) is 0 Å². The number of ether oxygens (including phenoxy) is 1. The Morgan fingerprint density at radius 2 is 1.94 bits per heavy atom. The molecule has 0 aliphatic heterocycles. The normalized spacial score (nSPS) is 13.4. The van der Waals surface area contributed by atoms with E-state index in [9.17, 15) is 8.42 Å². The molecule has 1 atom stereocenters. The minimum absolute atomic E-state index is 0.0337. The molecule has 0 saturated heterocycles. The van der Waals surface area contributed by atoms with E-state index < -0.39 is 9.05 Å². The van der Waals surface area contributed by atoms with Crippen molar-refractivity contribution in [1.29, 1.82) is 0 Å². The van der Waals surface area contributed by atoms with Crippen LogP contribution in [-0.4, -0.2) is 14.5 Å². The van der Waals surface area contributed by atoms with E-state index in [1.54, 1.807) is 6.07 Å².